The summed E-state index contributed by atoms with van der Waals surface area (Å²) in [7, 11) is 0. The number of benzene rings is 1. The fourth-order valence-corrected chi connectivity index (χ4v) is 2.57. The Hall–Kier alpha value is -1.10. The number of carbonyl (C=O) groups is 1. The van der Waals surface area contributed by atoms with Gasteiger partial charge >= 0.3 is 0 Å². The van der Waals surface area contributed by atoms with Gasteiger partial charge in [0.2, 0.25) is 5.91 Å². The monoisotopic (exact) mass is 296 g/mol. The molecular formula is C15H21ClN2O2. The molecule has 1 aromatic rings. The van der Waals surface area contributed by atoms with Gasteiger partial charge in [0.25, 0.3) is 0 Å². The number of aryl methyl sites for hydroxylation is 1. The number of hydrogen-bond donors (Lipinski definition) is 2. The van der Waals surface area contributed by atoms with Crippen LogP contribution in [0, 0.1) is 12.8 Å². The summed E-state index contributed by atoms with van der Waals surface area (Å²) in [6.45, 7) is 6.46. The molecule has 1 heterocycles. The van der Waals surface area contributed by atoms with E-state index in [0.29, 0.717) is 13.2 Å². The summed E-state index contributed by atoms with van der Waals surface area (Å²) in [5, 5.41) is 6.99. The third-order valence-electron chi connectivity index (χ3n) is 3.53. The minimum absolute atomic E-state index is 0.0136. The Morgan fingerprint density at radius 3 is 3.05 bits per heavy atom. The second-order valence-electron chi connectivity index (χ2n) is 5.20. The number of ether oxygens (including phenoxy) is 1. The molecule has 0 radical (unpaired) electrons. The van der Waals surface area contributed by atoms with Crippen molar-refractivity contribution in [2.24, 2.45) is 5.92 Å². The van der Waals surface area contributed by atoms with Crippen molar-refractivity contribution in [1.82, 2.24) is 10.6 Å². The lowest BCUT2D eigenvalue weighted by molar-refractivity contribution is -0.119. The van der Waals surface area contributed by atoms with E-state index in [2.05, 4.69) is 16.7 Å². The van der Waals surface area contributed by atoms with Crippen LogP contribution in [0.5, 0.6) is 0 Å². The fraction of sp³-hybridized carbons (Fsp3) is 0.533. The van der Waals surface area contributed by atoms with Crippen LogP contribution in [0.25, 0.3) is 0 Å². The summed E-state index contributed by atoms with van der Waals surface area (Å²) < 4.78 is 5.97. The topological polar surface area (TPSA) is 50.4 Å². The zero-order valence-electron chi connectivity index (χ0n) is 11.9. The number of hydrogen-bond acceptors (Lipinski definition) is 3. The number of halogens is 1. The molecule has 0 unspecified atom stereocenters. The standard InChI is InChI=1S/C15H21ClN2O2/c1-10-7-12(3-4-14(10)16)15-13(9-18-11(2)19)8-17-5-6-20-15/h3-4,7,13,15,17H,5-6,8-9H2,1-2H3,(H,18,19)/t13-,15-/m1/s1. The molecule has 1 fully saturated rings. The van der Waals surface area contributed by atoms with Gasteiger partial charge in [0.1, 0.15) is 0 Å². The SMILES string of the molecule is CC(=O)NC[C@H]1CNCCO[C@@H]1c1ccc(Cl)c(C)c1. The van der Waals surface area contributed by atoms with E-state index >= 15 is 0 Å². The second kappa shape index (κ2) is 7.07. The molecule has 2 N–H and O–H groups in total. The van der Waals surface area contributed by atoms with Gasteiger partial charge in [0.15, 0.2) is 0 Å². The van der Waals surface area contributed by atoms with Crippen LogP contribution in [0.3, 0.4) is 0 Å². The smallest absolute Gasteiger partial charge is 0.216 e. The Kier molecular flexibility index (Phi) is 5.40. The van der Waals surface area contributed by atoms with Crippen LogP contribution in [-0.2, 0) is 9.53 Å². The van der Waals surface area contributed by atoms with Crippen molar-refractivity contribution in [2.45, 2.75) is 20.0 Å². The molecule has 20 heavy (non-hydrogen) atoms. The molecular weight excluding hydrogens is 276 g/mol. The number of nitrogens with one attached hydrogen (secondary N) is 2. The Bertz CT molecular complexity index is 479. The van der Waals surface area contributed by atoms with Crippen molar-refractivity contribution in [3.63, 3.8) is 0 Å². The fourth-order valence-electron chi connectivity index (χ4n) is 2.46. The first-order valence-electron chi connectivity index (χ1n) is 6.90. The Morgan fingerprint density at radius 1 is 1.55 bits per heavy atom. The first-order valence-corrected chi connectivity index (χ1v) is 7.28. The summed E-state index contributed by atoms with van der Waals surface area (Å²) in [4.78, 5) is 11.1. The predicted molar refractivity (Wildman–Crippen MR) is 79.9 cm³/mol. The van der Waals surface area contributed by atoms with E-state index in [-0.39, 0.29) is 17.9 Å². The first kappa shape index (κ1) is 15.3. The molecule has 1 aliphatic rings. The molecule has 4 nitrogen and oxygen atoms in total. The van der Waals surface area contributed by atoms with Gasteiger partial charge in [-0.1, -0.05) is 23.7 Å². The summed E-state index contributed by atoms with van der Waals surface area (Å²) in [6.07, 6.45) is -0.0205. The minimum atomic E-state index is -0.0205. The van der Waals surface area contributed by atoms with Crippen LogP contribution < -0.4 is 10.6 Å². The zero-order valence-corrected chi connectivity index (χ0v) is 12.7. The normalized spacial score (nSPS) is 23.1. The van der Waals surface area contributed by atoms with Crippen LogP contribution >= 0.6 is 11.6 Å². The summed E-state index contributed by atoms with van der Waals surface area (Å²) in [5.41, 5.74) is 2.16. The van der Waals surface area contributed by atoms with Crippen molar-refractivity contribution >= 4 is 17.5 Å². The maximum Gasteiger partial charge on any atom is 0.216 e. The average molecular weight is 297 g/mol. The van der Waals surface area contributed by atoms with E-state index in [1.165, 1.54) is 6.92 Å². The average Bonchev–Trinajstić information content (AvgIpc) is 2.65. The maximum atomic E-state index is 11.1. The highest BCUT2D eigenvalue weighted by Gasteiger charge is 2.26. The van der Waals surface area contributed by atoms with Crippen molar-refractivity contribution < 1.29 is 9.53 Å². The summed E-state index contributed by atoms with van der Waals surface area (Å²) >= 11 is 6.08. The molecule has 1 aromatic carbocycles. The molecule has 110 valence electrons. The molecule has 0 bridgehead atoms. The van der Waals surface area contributed by atoms with E-state index in [1.807, 2.05) is 19.1 Å². The quantitative estimate of drug-likeness (QED) is 0.898. The third-order valence-corrected chi connectivity index (χ3v) is 3.96. The first-order chi connectivity index (χ1) is 9.58. The van der Waals surface area contributed by atoms with E-state index in [0.717, 1.165) is 29.2 Å². The molecule has 1 aliphatic heterocycles. The number of rotatable bonds is 3. The molecule has 1 amide bonds. The van der Waals surface area contributed by atoms with Crippen molar-refractivity contribution in [3.05, 3.63) is 34.3 Å². The van der Waals surface area contributed by atoms with Crippen LogP contribution in [-0.4, -0.2) is 32.1 Å². The van der Waals surface area contributed by atoms with Crippen LogP contribution in [0.4, 0.5) is 0 Å². The highest BCUT2D eigenvalue weighted by molar-refractivity contribution is 6.31. The van der Waals surface area contributed by atoms with Gasteiger partial charge in [0.05, 0.1) is 12.7 Å². The van der Waals surface area contributed by atoms with E-state index in [1.54, 1.807) is 0 Å². The van der Waals surface area contributed by atoms with Gasteiger partial charge in [-0.2, -0.15) is 0 Å². The number of amides is 1. The molecule has 0 saturated carbocycles. The molecule has 2 rings (SSSR count). The second-order valence-corrected chi connectivity index (χ2v) is 5.61. The Balaban J connectivity index is 2.18. The van der Waals surface area contributed by atoms with Gasteiger partial charge < -0.3 is 15.4 Å². The lowest BCUT2D eigenvalue weighted by atomic mass is 9.94. The van der Waals surface area contributed by atoms with Crippen LogP contribution in [0.2, 0.25) is 5.02 Å². The molecule has 0 spiro atoms. The lowest BCUT2D eigenvalue weighted by Crippen LogP contribution is -2.35. The van der Waals surface area contributed by atoms with Crippen molar-refractivity contribution in [3.8, 4) is 0 Å². The largest absolute Gasteiger partial charge is 0.372 e. The Labute approximate surface area is 124 Å². The molecule has 0 aliphatic carbocycles. The van der Waals surface area contributed by atoms with Crippen molar-refractivity contribution in [2.75, 3.05) is 26.2 Å². The van der Waals surface area contributed by atoms with Crippen molar-refractivity contribution in [1.29, 1.82) is 0 Å². The molecule has 2 atom stereocenters. The van der Waals surface area contributed by atoms with E-state index < -0.39 is 0 Å². The van der Waals surface area contributed by atoms with Gasteiger partial charge in [-0.15, -0.1) is 0 Å². The number of carbonyl (C=O) groups excluding carboxylic acids is 1. The molecule has 5 heteroatoms. The van der Waals surface area contributed by atoms with Gasteiger partial charge in [-0.3, -0.25) is 4.79 Å². The summed E-state index contributed by atoms with van der Waals surface area (Å²) in [6, 6.07) is 5.98. The highest BCUT2D eigenvalue weighted by Crippen LogP contribution is 2.29. The summed E-state index contributed by atoms with van der Waals surface area (Å²) in [5.74, 6) is 0.197. The lowest BCUT2D eigenvalue weighted by Gasteiger charge is -2.25. The predicted octanol–water partition coefficient (Wildman–Crippen LogP) is 2.06. The van der Waals surface area contributed by atoms with E-state index in [9.17, 15) is 4.79 Å². The molecule has 1 saturated heterocycles. The van der Waals surface area contributed by atoms with Gasteiger partial charge in [-0.05, 0) is 24.1 Å². The van der Waals surface area contributed by atoms with Gasteiger partial charge in [-0.25, -0.2) is 0 Å². The third kappa shape index (κ3) is 3.95. The van der Waals surface area contributed by atoms with Crippen LogP contribution in [0.1, 0.15) is 24.2 Å². The highest BCUT2D eigenvalue weighted by atomic mass is 35.5. The van der Waals surface area contributed by atoms with E-state index in [4.69, 9.17) is 16.3 Å². The molecule has 0 aromatic heterocycles. The van der Waals surface area contributed by atoms with Crippen LogP contribution in [0.15, 0.2) is 18.2 Å². The Morgan fingerprint density at radius 2 is 2.35 bits per heavy atom. The van der Waals surface area contributed by atoms with Gasteiger partial charge in [0, 0.05) is 37.5 Å². The minimum Gasteiger partial charge on any atom is -0.372 e. The zero-order chi connectivity index (χ0) is 14.5. The maximum absolute atomic E-state index is 11.1.